The fourth-order valence-electron chi connectivity index (χ4n) is 3.33. The normalized spacial score (nSPS) is 14.8. The number of aromatic amines is 1. The summed E-state index contributed by atoms with van der Waals surface area (Å²) in [6.45, 7) is 4.05. The molecule has 0 saturated carbocycles. The molecule has 0 atom stereocenters. The number of carbonyl (C=O) groups excluding carboxylic acids is 2. The Morgan fingerprint density at radius 3 is 2.61 bits per heavy atom. The maximum atomic E-state index is 12.9. The average molecular weight is 389 g/mol. The number of aromatic nitrogens is 3. The van der Waals surface area contributed by atoms with Gasteiger partial charge in [0.15, 0.2) is 0 Å². The van der Waals surface area contributed by atoms with Crippen LogP contribution in [0.25, 0.3) is 11.0 Å². The monoisotopic (exact) mass is 389 g/mol. The van der Waals surface area contributed by atoms with E-state index in [1.54, 1.807) is 9.80 Å². The van der Waals surface area contributed by atoms with E-state index in [1.807, 2.05) is 6.92 Å². The first-order chi connectivity index (χ1) is 13.5. The van der Waals surface area contributed by atoms with Gasteiger partial charge in [-0.05, 0) is 18.9 Å². The van der Waals surface area contributed by atoms with E-state index in [2.05, 4.69) is 9.97 Å². The summed E-state index contributed by atoms with van der Waals surface area (Å²) in [5, 5.41) is 0.199. The van der Waals surface area contributed by atoms with Crippen molar-refractivity contribution in [3.8, 4) is 0 Å². The molecule has 0 unspecified atom stereocenters. The number of ether oxygens (including phenoxy) is 1. The number of hydrogen-bond donors (Lipinski definition) is 1. The molecule has 10 nitrogen and oxygen atoms in total. The molecule has 2 amide bonds. The molecule has 1 fully saturated rings. The van der Waals surface area contributed by atoms with Gasteiger partial charge in [0.25, 0.3) is 11.5 Å². The van der Waals surface area contributed by atoms with Crippen molar-refractivity contribution >= 4 is 23.0 Å². The number of methoxy groups -OCH3 is 1. The number of nitrogens with zero attached hydrogens (tertiary/aromatic N) is 4. The van der Waals surface area contributed by atoms with Gasteiger partial charge in [-0.3, -0.25) is 19.1 Å². The Bertz CT molecular complexity index is 1010. The molecule has 1 aliphatic heterocycles. The van der Waals surface area contributed by atoms with Gasteiger partial charge in [-0.1, -0.05) is 6.92 Å². The number of carbonyl (C=O) groups is 2. The quantitative estimate of drug-likeness (QED) is 0.812. The Balaban J connectivity index is 1.89. The fourth-order valence-corrected chi connectivity index (χ4v) is 3.33. The number of nitrogens with one attached hydrogen (secondary N) is 1. The first-order valence-corrected chi connectivity index (χ1v) is 9.21. The van der Waals surface area contributed by atoms with Gasteiger partial charge in [0.2, 0.25) is 0 Å². The van der Waals surface area contributed by atoms with Crippen LogP contribution in [0.5, 0.6) is 0 Å². The van der Waals surface area contributed by atoms with Crippen molar-refractivity contribution in [1.82, 2.24) is 24.3 Å². The SMILES string of the molecule is CCCn1c(=O)[nH]c(=O)c2cc(C(=O)N3CCCN(C(=O)OC)CC3)cnc21. The minimum Gasteiger partial charge on any atom is -0.453 e. The number of aryl methyl sites for hydroxylation is 1. The Labute approximate surface area is 160 Å². The predicted octanol–water partition coefficient (Wildman–Crippen LogP) is 0.409. The van der Waals surface area contributed by atoms with Crippen molar-refractivity contribution < 1.29 is 14.3 Å². The van der Waals surface area contributed by atoms with Gasteiger partial charge in [0.1, 0.15) is 5.65 Å². The highest BCUT2D eigenvalue weighted by atomic mass is 16.5. The van der Waals surface area contributed by atoms with E-state index in [4.69, 9.17) is 4.74 Å². The van der Waals surface area contributed by atoms with Crippen molar-refractivity contribution in [1.29, 1.82) is 0 Å². The molecule has 3 heterocycles. The smallest absolute Gasteiger partial charge is 0.409 e. The molecule has 1 aliphatic rings. The van der Waals surface area contributed by atoms with Crippen LogP contribution in [0.2, 0.25) is 0 Å². The van der Waals surface area contributed by atoms with E-state index >= 15 is 0 Å². The molecule has 2 aromatic rings. The van der Waals surface area contributed by atoms with E-state index < -0.39 is 17.3 Å². The van der Waals surface area contributed by atoms with Crippen LogP contribution in [0.1, 0.15) is 30.1 Å². The average Bonchev–Trinajstić information content (AvgIpc) is 2.96. The third-order valence-electron chi connectivity index (χ3n) is 4.74. The van der Waals surface area contributed by atoms with E-state index in [-0.39, 0.29) is 22.5 Å². The lowest BCUT2D eigenvalue weighted by atomic mass is 10.2. The van der Waals surface area contributed by atoms with Gasteiger partial charge < -0.3 is 14.5 Å². The van der Waals surface area contributed by atoms with Gasteiger partial charge in [0.05, 0.1) is 18.1 Å². The van der Waals surface area contributed by atoms with Crippen LogP contribution >= 0.6 is 0 Å². The molecular weight excluding hydrogens is 366 g/mol. The summed E-state index contributed by atoms with van der Waals surface area (Å²) in [6, 6.07) is 1.47. The molecule has 0 spiro atoms. The maximum absolute atomic E-state index is 12.9. The topological polar surface area (TPSA) is 118 Å². The Morgan fingerprint density at radius 2 is 1.89 bits per heavy atom. The highest BCUT2D eigenvalue weighted by molar-refractivity contribution is 5.96. The second-order valence-corrected chi connectivity index (χ2v) is 6.61. The van der Waals surface area contributed by atoms with Crippen molar-refractivity contribution in [3.05, 3.63) is 38.7 Å². The van der Waals surface area contributed by atoms with Gasteiger partial charge >= 0.3 is 11.8 Å². The molecule has 0 aliphatic carbocycles. The lowest BCUT2D eigenvalue weighted by Gasteiger charge is -2.21. The van der Waals surface area contributed by atoms with E-state index in [1.165, 1.54) is 23.9 Å². The van der Waals surface area contributed by atoms with Crippen LogP contribution in [0.4, 0.5) is 4.79 Å². The lowest BCUT2D eigenvalue weighted by molar-refractivity contribution is 0.0757. The van der Waals surface area contributed by atoms with E-state index in [0.717, 1.165) is 0 Å². The van der Waals surface area contributed by atoms with Gasteiger partial charge in [-0.2, -0.15) is 0 Å². The summed E-state index contributed by atoms with van der Waals surface area (Å²) < 4.78 is 6.13. The third kappa shape index (κ3) is 3.75. The minimum atomic E-state index is -0.567. The zero-order chi connectivity index (χ0) is 20.3. The van der Waals surface area contributed by atoms with Crippen LogP contribution in [0, 0.1) is 0 Å². The molecule has 0 radical (unpaired) electrons. The first-order valence-electron chi connectivity index (χ1n) is 9.21. The standard InChI is InChI=1S/C18H23N5O5/c1-3-5-23-14-13(15(24)20-17(23)26)10-12(11-19-14)16(25)21-6-4-7-22(9-8-21)18(27)28-2/h10-11H,3-9H2,1-2H3,(H,20,24,26). The Kier molecular flexibility index (Phi) is 5.76. The van der Waals surface area contributed by atoms with Crippen molar-refractivity contribution in [2.24, 2.45) is 0 Å². The van der Waals surface area contributed by atoms with Crippen LogP contribution in [0.3, 0.4) is 0 Å². The second-order valence-electron chi connectivity index (χ2n) is 6.61. The zero-order valence-electron chi connectivity index (χ0n) is 15.9. The number of H-pyrrole nitrogens is 1. The number of rotatable bonds is 3. The summed E-state index contributed by atoms with van der Waals surface area (Å²) in [5.41, 5.74) is -0.547. The van der Waals surface area contributed by atoms with Crippen molar-refractivity contribution in [2.45, 2.75) is 26.3 Å². The summed E-state index contributed by atoms with van der Waals surface area (Å²) >= 11 is 0. The lowest BCUT2D eigenvalue weighted by Crippen LogP contribution is -2.37. The van der Waals surface area contributed by atoms with Crippen LogP contribution in [0.15, 0.2) is 21.9 Å². The number of fused-ring (bicyclic) bond motifs is 1. The molecule has 0 bridgehead atoms. The highest BCUT2D eigenvalue weighted by Gasteiger charge is 2.24. The van der Waals surface area contributed by atoms with Crippen LogP contribution in [-0.4, -0.2) is 69.6 Å². The fraction of sp³-hybridized carbons (Fsp3) is 0.500. The van der Waals surface area contributed by atoms with Crippen LogP contribution < -0.4 is 11.2 Å². The molecule has 0 aromatic carbocycles. The zero-order valence-corrected chi connectivity index (χ0v) is 15.9. The molecule has 150 valence electrons. The summed E-state index contributed by atoms with van der Waals surface area (Å²) in [4.78, 5) is 58.5. The maximum Gasteiger partial charge on any atom is 0.409 e. The summed E-state index contributed by atoms with van der Waals surface area (Å²) in [5.74, 6) is -0.270. The first kappa shape index (κ1) is 19.6. The molecule has 10 heteroatoms. The summed E-state index contributed by atoms with van der Waals surface area (Å²) in [7, 11) is 1.33. The van der Waals surface area contributed by atoms with Gasteiger partial charge in [0, 0.05) is 38.9 Å². The molecular formula is C18H23N5O5. The predicted molar refractivity (Wildman–Crippen MR) is 101 cm³/mol. The third-order valence-corrected chi connectivity index (χ3v) is 4.74. The van der Waals surface area contributed by atoms with E-state index in [9.17, 15) is 19.2 Å². The molecule has 1 saturated heterocycles. The number of pyridine rings is 1. The van der Waals surface area contributed by atoms with Crippen molar-refractivity contribution in [2.75, 3.05) is 33.3 Å². The second kappa shape index (κ2) is 8.24. The molecule has 28 heavy (non-hydrogen) atoms. The Hall–Kier alpha value is -3.17. The minimum absolute atomic E-state index is 0.199. The highest BCUT2D eigenvalue weighted by Crippen LogP contribution is 2.13. The Morgan fingerprint density at radius 1 is 1.18 bits per heavy atom. The van der Waals surface area contributed by atoms with Crippen LogP contribution in [-0.2, 0) is 11.3 Å². The van der Waals surface area contributed by atoms with Crippen molar-refractivity contribution in [3.63, 3.8) is 0 Å². The summed E-state index contributed by atoms with van der Waals surface area (Å²) in [6.07, 6.45) is 2.30. The number of amides is 2. The van der Waals surface area contributed by atoms with Gasteiger partial charge in [-0.15, -0.1) is 0 Å². The largest absolute Gasteiger partial charge is 0.453 e. The molecule has 1 N–H and O–H groups in total. The molecule has 3 rings (SSSR count). The van der Waals surface area contributed by atoms with Gasteiger partial charge in [-0.25, -0.2) is 14.6 Å². The van der Waals surface area contributed by atoms with E-state index in [0.29, 0.717) is 45.6 Å². The molecule has 2 aromatic heterocycles. The number of hydrogen-bond acceptors (Lipinski definition) is 6.